The zero-order valence-electron chi connectivity index (χ0n) is 6.47. The van der Waals surface area contributed by atoms with Crippen LogP contribution in [0.1, 0.15) is 12.5 Å². The van der Waals surface area contributed by atoms with Gasteiger partial charge in [-0.15, -0.1) is 0 Å². The summed E-state index contributed by atoms with van der Waals surface area (Å²) in [5, 5.41) is 0. The van der Waals surface area contributed by atoms with Crippen molar-refractivity contribution in [1.29, 1.82) is 0 Å². The summed E-state index contributed by atoms with van der Waals surface area (Å²) in [6.07, 6.45) is 0. The largest absolute Gasteiger partial charge is 0.322 e. The Bertz CT molecular complexity index is 250. The summed E-state index contributed by atoms with van der Waals surface area (Å²) in [5.41, 5.74) is 6.33. The zero-order valence-corrected chi connectivity index (χ0v) is 8.06. The van der Waals surface area contributed by atoms with Gasteiger partial charge < -0.3 is 5.73 Å². The molecule has 0 heterocycles. The lowest BCUT2D eigenvalue weighted by Gasteiger charge is -2.18. The first-order valence-electron chi connectivity index (χ1n) is 3.40. The quantitative estimate of drug-likeness (QED) is 0.761. The van der Waals surface area contributed by atoms with Crippen molar-refractivity contribution >= 4 is 15.9 Å². The second kappa shape index (κ2) is 2.95. The van der Waals surface area contributed by atoms with Crippen molar-refractivity contribution in [1.82, 2.24) is 0 Å². The van der Waals surface area contributed by atoms with Gasteiger partial charge >= 0.3 is 0 Å². The molecule has 1 aromatic carbocycles. The molecule has 0 aliphatic heterocycles. The average molecular weight is 213 g/mol. The highest BCUT2D eigenvalue weighted by molar-refractivity contribution is 9.10. The fraction of sp³-hybridized carbons (Fsp3) is 0.222. The molecular formula is C9H11BrN. The van der Waals surface area contributed by atoms with Gasteiger partial charge in [0.05, 0.1) is 0 Å². The third-order valence-electron chi connectivity index (χ3n) is 1.48. The Kier molecular flexibility index (Phi) is 2.35. The summed E-state index contributed by atoms with van der Waals surface area (Å²) >= 11 is 3.37. The van der Waals surface area contributed by atoms with Gasteiger partial charge in [0, 0.05) is 10.0 Å². The van der Waals surface area contributed by atoms with Crippen LogP contribution in [-0.4, -0.2) is 0 Å². The van der Waals surface area contributed by atoms with E-state index in [1.54, 1.807) is 0 Å². The standard InChI is InChI=1S/C9H11BrN/c1-9(2,11)7-4-3-5-8(10)6-7/h3-6H,1,11H2,2H3. The third kappa shape index (κ3) is 2.31. The van der Waals surface area contributed by atoms with Gasteiger partial charge in [0.1, 0.15) is 0 Å². The predicted molar refractivity (Wildman–Crippen MR) is 51.0 cm³/mol. The molecule has 0 aliphatic rings. The maximum Gasteiger partial charge on any atom is 0.0382 e. The van der Waals surface area contributed by atoms with Crippen molar-refractivity contribution in [3.05, 3.63) is 41.2 Å². The normalized spacial score (nSPS) is 11.6. The Morgan fingerprint density at radius 3 is 2.55 bits per heavy atom. The minimum atomic E-state index is -0.496. The first-order chi connectivity index (χ1) is 5.00. The van der Waals surface area contributed by atoms with Crippen molar-refractivity contribution < 1.29 is 0 Å². The Hall–Kier alpha value is -0.340. The number of hydrogen-bond donors (Lipinski definition) is 1. The molecule has 0 amide bonds. The summed E-state index contributed by atoms with van der Waals surface area (Å²) in [7, 11) is 0. The van der Waals surface area contributed by atoms with Crippen LogP contribution in [0.2, 0.25) is 0 Å². The molecular weight excluding hydrogens is 202 g/mol. The van der Waals surface area contributed by atoms with Crippen LogP contribution in [0.15, 0.2) is 28.7 Å². The highest BCUT2D eigenvalue weighted by Crippen LogP contribution is 2.19. The topological polar surface area (TPSA) is 26.0 Å². The molecule has 1 rings (SSSR count). The summed E-state index contributed by atoms with van der Waals surface area (Å²) in [6, 6.07) is 7.87. The van der Waals surface area contributed by atoms with Gasteiger partial charge in [0.15, 0.2) is 0 Å². The minimum absolute atomic E-state index is 0.496. The van der Waals surface area contributed by atoms with E-state index < -0.39 is 5.54 Å². The van der Waals surface area contributed by atoms with Crippen molar-refractivity contribution in [2.75, 3.05) is 0 Å². The third-order valence-corrected chi connectivity index (χ3v) is 1.98. The zero-order chi connectivity index (χ0) is 8.48. The van der Waals surface area contributed by atoms with Crippen LogP contribution >= 0.6 is 15.9 Å². The van der Waals surface area contributed by atoms with E-state index in [-0.39, 0.29) is 0 Å². The first-order valence-corrected chi connectivity index (χ1v) is 4.20. The fourth-order valence-corrected chi connectivity index (χ4v) is 1.24. The SMILES string of the molecule is [CH2]C(C)(N)c1cccc(Br)c1. The van der Waals surface area contributed by atoms with Gasteiger partial charge in [0.2, 0.25) is 0 Å². The highest BCUT2D eigenvalue weighted by Gasteiger charge is 2.13. The molecule has 2 N–H and O–H groups in total. The van der Waals surface area contributed by atoms with Crippen LogP contribution in [0, 0.1) is 6.92 Å². The van der Waals surface area contributed by atoms with E-state index in [4.69, 9.17) is 5.73 Å². The molecule has 0 fully saturated rings. The summed E-state index contributed by atoms with van der Waals surface area (Å²) in [4.78, 5) is 0. The molecule has 0 aliphatic carbocycles. The van der Waals surface area contributed by atoms with E-state index in [1.165, 1.54) is 0 Å². The molecule has 0 bridgehead atoms. The summed E-state index contributed by atoms with van der Waals surface area (Å²) in [5.74, 6) is 0. The maximum absolute atomic E-state index is 5.79. The van der Waals surface area contributed by atoms with E-state index in [2.05, 4.69) is 22.9 Å². The van der Waals surface area contributed by atoms with Gasteiger partial charge in [-0.2, -0.15) is 0 Å². The van der Waals surface area contributed by atoms with E-state index in [0.29, 0.717) is 0 Å². The highest BCUT2D eigenvalue weighted by atomic mass is 79.9. The van der Waals surface area contributed by atoms with Gasteiger partial charge in [-0.25, -0.2) is 0 Å². The molecule has 0 saturated heterocycles. The van der Waals surface area contributed by atoms with E-state index >= 15 is 0 Å². The smallest absolute Gasteiger partial charge is 0.0382 e. The Morgan fingerprint density at radius 2 is 2.18 bits per heavy atom. The van der Waals surface area contributed by atoms with E-state index in [0.717, 1.165) is 10.0 Å². The van der Waals surface area contributed by atoms with Crippen molar-refractivity contribution in [2.45, 2.75) is 12.5 Å². The minimum Gasteiger partial charge on any atom is -0.322 e. The Balaban J connectivity index is 3.06. The Labute approximate surface area is 75.7 Å². The number of benzene rings is 1. The van der Waals surface area contributed by atoms with Crippen LogP contribution in [0.5, 0.6) is 0 Å². The molecule has 59 valence electrons. The molecule has 2 heteroatoms. The van der Waals surface area contributed by atoms with Gasteiger partial charge in [0.25, 0.3) is 0 Å². The monoisotopic (exact) mass is 212 g/mol. The number of rotatable bonds is 1. The molecule has 0 spiro atoms. The lowest BCUT2D eigenvalue weighted by atomic mass is 9.96. The molecule has 11 heavy (non-hydrogen) atoms. The second-order valence-electron chi connectivity index (χ2n) is 2.93. The molecule has 1 aromatic rings. The molecule has 1 nitrogen and oxygen atoms in total. The van der Waals surface area contributed by atoms with Crippen molar-refractivity contribution in [3.63, 3.8) is 0 Å². The molecule has 0 aromatic heterocycles. The van der Waals surface area contributed by atoms with Crippen LogP contribution in [0.4, 0.5) is 0 Å². The van der Waals surface area contributed by atoms with E-state index in [9.17, 15) is 0 Å². The number of halogens is 1. The van der Waals surface area contributed by atoms with Crippen LogP contribution in [-0.2, 0) is 5.54 Å². The van der Waals surface area contributed by atoms with Crippen LogP contribution in [0.3, 0.4) is 0 Å². The number of nitrogens with two attached hydrogens (primary N) is 1. The first kappa shape index (κ1) is 8.75. The van der Waals surface area contributed by atoms with Crippen LogP contribution < -0.4 is 5.73 Å². The second-order valence-corrected chi connectivity index (χ2v) is 3.84. The number of hydrogen-bond acceptors (Lipinski definition) is 1. The summed E-state index contributed by atoms with van der Waals surface area (Å²) < 4.78 is 1.04. The van der Waals surface area contributed by atoms with Crippen molar-refractivity contribution in [3.8, 4) is 0 Å². The molecule has 1 atom stereocenters. The van der Waals surface area contributed by atoms with Gasteiger partial charge in [-0.1, -0.05) is 28.1 Å². The predicted octanol–water partition coefficient (Wildman–Crippen LogP) is 2.46. The van der Waals surface area contributed by atoms with Crippen LogP contribution in [0.25, 0.3) is 0 Å². The molecule has 1 unspecified atom stereocenters. The van der Waals surface area contributed by atoms with E-state index in [1.807, 2.05) is 31.2 Å². The fourth-order valence-electron chi connectivity index (χ4n) is 0.844. The lowest BCUT2D eigenvalue weighted by Crippen LogP contribution is -2.28. The Morgan fingerprint density at radius 1 is 1.55 bits per heavy atom. The van der Waals surface area contributed by atoms with Gasteiger partial charge in [-0.05, 0) is 31.5 Å². The molecule has 0 saturated carbocycles. The molecule has 1 radical (unpaired) electrons. The maximum atomic E-state index is 5.79. The van der Waals surface area contributed by atoms with Gasteiger partial charge in [-0.3, -0.25) is 0 Å². The average Bonchev–Trinajstić information content (AvgIpc) is 1.86. The van der Waals surface area contributed by atoms with Crippen molar-refractivity contribution in [2.24, 2.45) is 5.73 Å². The summed E-state index contributed by atoms with van der Waals surface area (Å²) in [6.45, 7) is 5.72. The lowest BCUT2D eigenvalue weighted by molar-refractivity contribution is 0.625.